The number of aliphatic carboxylic acids is 1. The summed E-state index contributed by atoms with van der Waals surface area (Å²) in [5, 5.41) is 8.80. The quantitative estimate of drug-likeness (QED) is 0.787. The lowest BCUT2D eigenvalue weighted by Gasteiger charge is -2.23. The van der Waals surface area contributed by atoms with Crippen LogP contribution in [0.5, 0.6) is 0 Å². The molecule has 104 valence electrons. The zero-order valence-electron chi connectivity index (χ0n) is 9.82. The predicted molar refractivity (Wildman–Crippen MR) is 61.0 cm³/mol. The van der Waals surface area contributed by atoms with Crippen molar-refractivity contribution in [2.45, 2.75) is 24.7 Å². The molecular weight excluding hydrogens is 261 g/mol. The van der Waals surface area contributed by atoms with Gasteiger partial charge in [0.05, 0.1) is 12.5 Å². The Kier molecular flexibility index (Phi) is 3.77. The molecule has 3 unspecified atom stereocenters. The predicted octanol–water partition coefficient (Wildman–Crippen LogP) is 1.86. The van der Waals surface area contributed by atoms with Crippen molar-refractivity contribution in [3.8, 4) is 0 Å². The van der Waals surface area contributed by atoms with Gasteiger partial charge in [-0.3, -0.25) is 4.79 Å². The van der Waals surface area contributed by atoms with Gasteiger partial charge in [-0.2, -0.15) is 13.2 Å². The molecule has 1 fully saturated rings. The number of benzene rings is 1. The highest BCUT2D eigenvalue weighted by Gasteiger charge is 2.52. The minimum atomic E-state index is -4.49. The van der Waals surface area contributed by atoms with Gasteiger partial charge in [0, 0.05) is 5.92 Å². The molecule has 1 aliphatic heterocycles. The van der Waals surface area contributed by atoms with E-state index in [-0.39, 0.29) is 0 Å². The van der Waals surface area contributed by atoms with E-state index in [1.807, 2.05) is 0 Å². The number of carboxylic acid groups (broad SMARTS) is 1. The van der Waals surface area contributed by atoms with Crippen LogP contribution in [0.15, 0.2) is 30.3 Å². The molecule has 4 nitrogen and oxygen atoms in total. The van der Waals surface area contributed by atoms with Gasteiger partial charge in [-0.15, -0.1) is 0 Å². The molecule has 19 heavy (non-hydrogen) atoms. The van der Waals surface area contributed by atoms with Gasteiger partial charge < -0.3 is 5.11 Å². The molecule has 1 aromatic rings. The number of carboxylic acids is 1. The summed E-state index contributed by atoms with van der Waals surface area (Å²) in [5.74, 6) is -2.33. The number of hydrazine groups is 1. The molecule has 0 amide bonds. The lowest BCUT2D eigenvalue weighted by molar-refractivity contribution is -0.165. The number of halogens is 3. The lowest BCUT2D eigenvalue weighted by atomic mass is 9.86. The van der Waals surface area contributed by atoms with Crippen LogP contribution >= 0.6 is 0 Å². The largest absolute Gasteiger partial charge is 0.481 e. The topological polar surface area (TPSA) is 61.4 Å². The molecule has 3 atom stereocenters. The second-order valence-electron chi connectivity index (χ2n) is 4.46. The third kappa shape index (κ3) is 3.05. The third-order valence-electron chi connectivity index (χ3n) is 3.17. The van der Waals surface area contributed by atoms with Crippen LogP contribution in [0.25, 0.3) is 0 Å². The van der Waals surface area contributed by atoms with Crippen molar-refractivity contribution in [2.75, 3.05) is 0 Å². The summed E-state index contributed by atoms with van der Waals surface area (Å²) >= 11 is 0. The van der Waals surface area contributed by atoms with Crippen LogP contribution in [0.1, 0.15) is 18.0 Å². The fraction of sp³-hybridized carbons (Fsp3) is 0.417. The lowest BCUT2D eigenvalue weighted by Crippen LogP contribution is -2.44. The van der Waals surface area contributed by atoms with Crippen molar-refractivity contribution in [2.24, 2.45) is 5.92 Å². The molecule has 7 heteroatoms. The number of rotatable bonds is 3. The molecule has 0 saturated carbocycles. The maximum atomic E-state index is 12.9. The summed E-state index contributed by atoms with van der Waals surface area (Å²) in [6.45, 7) is 0. The first-order valence-corrected chi connectivity index (χ1v) is 5.74. The van der Waals surface area contributed by atoms with Crippen molar-refractivity contribution in [3.63, 3.8) is 0 Å². The summed E-state index contributed by atoms with van der Waals surface area (Å²) in [6.07, 6.45) is -5.04. The van der Waals surface area contributed by atoms with Crippen LogP contribution in [0.4, 0.5) is 13.2 Å². The molecule has 0 aliphatic carbocycles. The van der Waals surface area contributed by atoms with E-state index >= 15 is 0 Å². The highest BCUT2D eigenvalue weighted by atomic mass is 19.4. The Morgan fingerprint density at radius 3 is 2.37 bits per heavy atom. The second-order valence-corrected chi connectivity index (χ2v) is 4.46. The van der Waals surface area contributed by atoms with E-state index in [1.165, 1.54) is 0 Å². The first-order valence-electron chi connectivity index (χ1n) is 5.74. The minimum absolute atomic E-state index is 0.552. The van der Waals surface area contributed by atoms with E-state index in [0.717, 1.165) is 0 Å². The van der Waals surface area contributed by atoms with Gasteiger partial charge in [-0.05, 0) is 5.56 Å². The molecule has 0 aromatic heterocycles. The smallest absolute Gasteiger partial charge is 0.405 e. The number of hydrogen-bond donors (Lipinski definition) is 3. The molecule has 0 spiro atoms. The minimum Gasteiger partial charge on any atom is -0.481 e. The normalized spacial score (nSPS) is 27.4. The van der Waals surface area contributed by atoms with E-state index in [1.54, 1.807) is 30.3 Å². The summed E-state index contributed by atoms with van der Waals surface area (Å²) in [4.78, 5) is 10.8. The van der Waals surface area contributed by atoms with Gasteiger partial charge >= 0.3 is 12.1 Å². The zero-order valence-corrected chi connectivity index (χ0v) is 9.82. The van der Waals surface area contributed by atoms with E-state index in [2.05, 4.69) is 10.9 Å². The number of alkyl halides is 3. The summed E-state index contributed by atoms with van der Waals surface area (Å²) in [7, 11) is 0. The second kappa shape index (κ2) is 5.18. The molecular formula is C12H13F3N2O2. The van der Waals surface area contributed by atoms with Gasteiger partial charge in [0.1, 0.15) is 6.04 Å². The van der Waals surface area contributed by atoms with Crippen LogP contribution in [-0.2, 0) is 4.79 Å². The summed E-state index contributed by atoms with van der Waals surface area (Å²) < 4.78 is 38.6. The van der Waals surface area contributed by atoms with Crippen LogP contribution in [0.2, 0.25) is 0 Å². The molecule has 1 saturated heterocycles. The van der Waals surface area contributed by atoms with Gasteiger partial charge in [0.25, 0.3) is 0 Å². The summed E-state index contributed by atoms with van der Waals surface area (Å²) in [6, 6.07) is 5.96. The van der Waals surface area contributed by atoms with E-state index in [9.17, 15) is 18.0 Å². The van der Waals surface area contributed by atoms with Gasteiger partial charge in [0.15, 0.2) is 0 Å². The van der Waals surface area contributed by atoms with E-state index in [4.69, 9.17) is 5.11 Å². The fourth-order valence-corrected chi connectivity index (χ4v) is 2.34. The Morgan fingerprint density at radius 2 is 1.84 bits per heavy atom. The zero-order chi connectivity index (χ0) is 14.0. The van der Waals surface area contributed by atoms with Crippen molar-refractivity contribution >= 4 is 5.97 Å². The van der Waals surface area contributed by atoms with E-state index < -0.39 is 36.6 Å². The molecule has 0 bridgehead atoms. The van der Waals surface area contributed by atoms with E-state index in [0.29, 0.717) is 5.56 Å². The monoisotopic (exact) mass is 274 g/mol. The van der Waals surface area contributed by atoms with Gasteiger partial charge in [-0.1, -0.05) is 30.3 Å². The van der Waals surface area contributed by atoms with Gasteiger partial charge in [0.2, 0.25) is 0 Å². The number of hydrogen-bond acceptors (Lipinski definition) is 3. The Labute approximate surface area is 107 Å². The van der Waals surface area contributed by atoms with Crippen molar-refractivity contribution in [1.29, 1.82) is 0 Å². The van der Waals surface area contributed by atoms with Crippen molar-refractivity contribution < 1.29 is 23.1 Å². The molecule has 3 N–H and O–H groups in total. The highest BCUT2D eigenvalue weighted by Crippen LogP contribution is 2.38. The average molecular weight is 274 g/mol. The Bertz CT molecular complexity index is 450. The average Bonchev–Trinajstić information content (AvgIpc) is 2.72. The Balaban J connectivity index is 2.27. The van der Waals surface area contributed by atoms with Crippen LogP contribution in [0.3, 0.4) is 0 Å². The van der Waals surface area contributed by atoms with Gasteiger partial charge in [-0.25, -0.2) is 10.9 Å². The van der Waals surface area contributed by atoms with Crippen LogP contribution in [0, 0.1) is 5.92 Å². The van der Waals surface area contributed by atoms with Crippen molar-refractivity contribution in [1.82, 2.24) is 10.9 Å². The van der Waals surface area contributed by atoms with Crippen LogP contribution in [-0.4, -0.2) is 23.3 Å². The standard InChI is InChI=1S/C12H13F3N2O2/c13-12(14,15)11-8(6-9(18)19)10(16-17-11)7-4-2-1-3-5-7/h1-5,8,10-11,16-17H,6H2,(H,18,19). The molecule has 1 aliphatic rings. The SMILES string of the molecule is O=C(O)CC1C(c2ccccc2)NNC1C(F)(F)F. The van der Waals surface area contributed by atoms with Crippen LogP contribution < -0.4 is 10.9 Å². The molecule has 1 heterocycles. The number of nitrogens with one attached hydrogen (secondary N) is 2. The summed E-state index contributed by atoms with van der Waals surface area (Å²) in [5.41, 5.74) is 5.35. The third-order valence-corrected chi connectivity index (χ3v) is 3.17. The maximum Gasteiger partial charge on any atom is 0.405 e. The molecule has 1 aromatic carbocycles. The molecule has 0 radical (unpaired) electrons. The highest BCUT2D eigenvalue weighted by molar-refractivity contribution is 5.67. The first kappa shape index (κ1) is 13.8. The maximum absolute atomic E-state index is 12.9. The Hall–Kier alpha value is -1.60. The van der Waals surface area contributed by atoms with Crippen molar-refractivity contribution in [3.05, 3.63) is 35.9 Å². The first-order chi connectivity index (χ1) is 8.89. The fourth-order valence-electron chi connectivity index (χ4n) is 2.34. The Morgan fingerprint density at radius 1 is 1.21 bits per heavy atom. The molecule has 2 rings (SSSR count). The number of carbonyl (C=O) groups is 1.